The zero-order valence-electron chi connectivity index (χ0n) is 14.9. The van der Waals surface area contributed by atoms with Crippen molar-refractivity contribution in [3.8, 4) is 5.75 Å². The van der Waals surface area contributed by atoms with Crippen molar-refractivity contribution < 1.29 is 9.53 Å². The minimum absolute atomic E-state index is 0.221. The summed E-state index contributed by atoms with van der Waals surface area (Å²) in [6, 6.07) is 11.4. The zero-order valence-corrected chi connectivity index (χ0v) is 14.9. The zero-order chi connectivity index (χ0) is 17.7. The van der Waals surface area contributed by atoms with Crippen LogP contribution in [-0.4, -0.2) is 19.2 Å². The second-order valence-corrected chi connectivity index (χ2v) is 6.17. The number of ether oxygens (including phenoxy) is 1. The van der Waals surface area contributed by atoms with Gasteiger partial charge in [-0.1, -0.05) is 31.5 Å². The molecule has 2 aromatic carbocycles. The van der Waals surface area contributed by atoms with Crippen molar-refractivity contribution in [3.63, 3.8) is 0 Å². The average Bonchev–Trinajstić information content (AvgIpc) is 2.56. The monoisotopic (exact) mass is 324 g/mol. The van der Waals surface area contributed by atoms with E-state index in [0.29, 0.717) is 11.5 Å². The van der Waals surface area contributed by atoms with Gasteiger partial charge in [0, 0.05) is 5.56 Å². The summed E-state index contributed by atoms with van der Waals surface area (Å²) in [4.78, 5) is 12.1. The van der Waals surface area contributed by atoms with E-state index in [1.54, 1.807) is 25.5 Å². The number of methoxy groups -OCH3 is 1. The number of hydrazone groups is 1. The molecule has 0 aliphatic carbocycles. The third-order valence-electron chi connectivity index (χ3n) is 3.92. The SMILES string of the molecule is COc1cc(C)c(/C=N\NC(=O)c2ccc(C)cc2)cc1C(C)C. The second-order valence-electron chi connectivity index (χ2n) is 6.17. The number of hydrogen-bond donors (Lipinski definition) is 1. The molecule has 1 N–H and O–H groups in total. The fourth-order valence-electron chi connectivity index (χ4n) is 2.41. The Morgan fingerprint density at radius 3 is 2.42 bits per heavy atom. The molecule has 24 heavy (non-hydrogen) atoms. The van der Waals surface area contributed by atoms with Crippen molar-refractivity contribution in [3.05, 3.63) is 64.2 Å². The second kappa shape index (κ2) is 7.77. The van der Waals surface area contributed by atoms with E-state index >= 15 is 0 Å². The molecular weight excluding hydrogens is 300 g/mol. The summed E-state index contributed by atoms with van der Waals surface area (Å²) in [6.07, 6.45) is 1.67. The van der Waals surface area contributed by atoms with Crippen molar-refractivity contribution in [1.82, 2.24) is 5.43 Å². The van der Waals surface area contributed by atoms with Crippen LogP contribution in [0.15, 0.2) is 41.5 Å². The number of aryl methyl sites for hydroxylation is 2. The number of rotatable bonds is 5. The number of hydrogen-bond acceptors (Lipinski definition) is 3. The molecule has 0 unspecified atom stereocenters. The van der Waals surface area contributed by atoms with Crippen molar-refractivity contribution >= 4 is 12.1 Å². The molecule has 126 valence electrons. The molecular formula is C20H24N2O2. The van der Waals surface area contributed by atoms with Gasteiger partial charge in [0.15, 0.2) is 0 Å². The van der Waals surface area contributed by atoms with Gasteiger partial charge in [0.25, 0.3) is 5.91 Å². The number of amides is 1. The van der Waals surface area contributed by atoms with Crippen LogP contribution in [0.25, 0.3) is 0 Å². The van der Waals surface area contributed by atoms with Crippen LogP contribution in [0.2, 0.25) is 0 Å². The van der Waals surface area contributed by atoms with Crippen LogP contribution in [0.5, 0.6) is 5.75 Å². The van der Waals surface area contributed by atoms with Gasteiger partial charge in [0.05, 0.1) is 13.3 Å². The van der Waals surface area contributed by atoms with Crippen molar-refractivity contribution in [2.75, 3.05) is 7.11 Å². The van der Waals surface area contributed by atoms with Gasteiger partial charge in [-0.25, -0.2) is 5.43 Å². The lowest BCUT2D eigenvalue weighted by atomic mass is 9.97. The van der Waals surface area contributed by atoms with Crippen LogP contribution < -0.4 is 10.2 Å². The Balaban J connectivity index is 2.15. The molecule has 0 bridgehead atoms. The number of carbonyl (C=O) groups is 1. The first kappa shape index (κ1) is 17.7. The molecule has 1 amide bonds. The van der Waals surface area contributed by atoms with E-state index in [9.17, 15) is 4.79 Å². The first-order valence-electron chi connectivity index (χ1n) is 8.01. The average molecular weight is 324 g/mol. The molecule has 0 aliphatic heterocycles. The van der Waals surface area contributed by atoms with E-state index in [0.717, 1.165) is 28.0 Å². The highest BCUT2D eigenvalue weighted by molar-refractivity contribution is 5.95. The van der Waals surface area contributed by atoms with Crippen LogP contribution in [0.1, 0.15) is 52.4 Å². The summed E-state index contributed by atoms with van der Waals surface area (Å²) in [7, 11) is 1.68. The lowest BCUT2D eigenvalue weighted by Crippen LogP contribution is -2.17. The van der Waals surface area contributed by atoms with Crippen LogP contribution in [0.3, 0.4) is 0 Å². The molecule has 4 nitrogen and oxygen atoms in total. The number of nitrogens with zero attached hydrogens (tertiary/aromatic N) is 1. The molecule has 0 aliphatic rings. The highest BCUT2D eigenvalue weighted by Crippen LogP contribution is 2.28. The molecule has 0 fully saturated rings. The molecule has 2 aromatic rings. The summed E-state index contributed by atoms with van der Waals surface area (Å²) in [5, 5.41) is 4.09. The summed E-state index contributed by atoms with van der Waals surface area (Å²) in [5.74, 6) is 1.000. The molecule has 2 rings (SSSR count). The minimum Gasteiger partial charge on any atom is -0.496 e. The van der Waals surface area contributed by atoms with Gasteiger partial charge in [0.1, 0.15) is 5.75 Å². The molecule has 0 saturated carbocycles. The predicted molar refractivity (Wildman–Crippen MR) is 98.1 cm³/mol. The maximum atomic E-state index is 12.1. The van der Waals surface area contributed by atoms with Crippen molar-refractivity contribution in [2.24, 2.45) is 5.10 Å². The van der Waals surface area contributed by atoms with E-state index in [2.05, 4.69) is 30.4 Å². The fraction of sp³-hybridized carbons (Fsp3) is 0.300. The molecule has 0 aromatic heterocycles. The molecule has 0 atom stereocenters. The Hall–Kier alpha value is -2.62. The maximum Gasteiger partial charge on any atom is 0.271 e. The van der Waals surface area contributed by atoms with Crippen LogP contribution in [0.4, 0.5) is 0 Å². The maximum absolute atomic E-state index is 12.1. The molecule has 0 spiro atoms. The first-order valence-corrected chi connectivity index (χ1v) is 8.01. The molecule has 0 radical (unpaired) electrons. The smallest absolute Gasteiger partial charge is 0.271 e. The van der Waals surface area contributed by atoms with Crippen molar-refractivity contribution in [2.45, 2.75) is 33.6 Å². The predicted octanol–water partition coefficient (Wildman–Crippen LogP) is 4.20. The van der Waals surface area contributed by atoms with Gasteiger partial charge in [0.2, 0.25) is 0 Å². The third kappa shape index (κ3) is 4.22. The highest BCUT2D eigenvalue weighted by Gasteiger charge is 2.10. The first-order chi connectivity index (χ1) is 11.4. The lowest BCUT2D eigenvalue weighted by molar-refractivity contribution is 0.0955. The number of benzene rings is 2. The molecule has 0 saturated heterocycles. The lowest BCUT2D eigenvalue weighted by Gasteiger charge is -2.14. The standard InChI is InChI=1S/C20H24N2O2/c1-13(2)18-11-17(15(4)10-19(18)24-5)12-21-22-20(23)16-8-6-14(3)7-9-16/h6-13H,1-5H3,(H,22,23)/b21-12-. The van der Waals surface area contributed by atoms with E-state index < -0.39 is 0 Å². The Kier molecular flexibility index (Phi) is 5.74. The number of carbonyl (C=O) groups excluding carboxylic acids is 1. The summed E-state index contributed by atoms with van der Waals surface area (Å²) < 4.78 is 5.44. The Morgan fingerprint density at radius 1 is 1.17 bits per heavy atom. The summed E-state index contributed by atoms with van der Waals surface area (Å²) in [5.41, 5.74) is 7.40. The topological polar surface area (TPSA) is 50.7 Å². The summed E-state index contributed by atoms with van der Waals surface area (Å²) >= 11 is 0. The Morgan fingerprint density at radius 2 is 1.83 bits per heavy atom. The van der Waals surface area contributed by atoms with Gasteiger partial charge >= 0.3 is 0 Å². The highest BCUT2D eigenvalue weighted by atomic mass is 16.5. The quantitative estimate of drug-likeness (QED) is 0.662. The third-order valence-corrected chi connectivity index (χ3v) is 3.92. The minimum atomic E-state index is -0.221. The summed E-state index contributed by atoms with van der Waals surface area (Å²) in [6.45, 7) is 8.22. The van der Waals surface area contributed by atoms with Crippen molar-refractivity contribution in [1.29, 1.82) is 0 Å². The van der Waals surface area contributed by atoms with Gasteiger partial charge < -0.3 is 4.74 Å². The van der Waals surface area contributed by atoms with E-state index in [-0.39, 0.29) is 5.91 Å². The normalized spacial score (nSPS) is 11.1. The van der Waals surface area contributed by atoms with Crippen LogP contribution >= 0.6 is 0 Å². The van der Waals surface area contributed by atoms with Gasteiger partial charge in [-0.15, -0.1) is 0 Å². The van der Waals surface area contributed by atoms with E-state index in [1.807, 2.05) is 32.0 Å². The van der Waals surface area contributed by atoms with E-state index in [1.165, 1.54) is 0 Å². The number of nitrogens with one attached hydrogen (secondary N) is 1. The largest absolute Gasteiger partial charge is 0.496 e. The molecule has 0 heterocycles. The van der Waals surface area contributed by atoms with E-state index in [4.69, 9.17) is 4.74 Å². The van der Waals surface area contributed by atoms with Gasteiger partial charge in [-0.3, -0.25) is 4.79 Å². The van der Waals surface area contributed by atoms with Crippen LogP contribution in [-0.2, 0) is 0 Å². The Bertz CT molecular complexity index is 747. The van der Waals surface area contributed by atoms with Gasteiger partial charge in [-0.2, -0.15) is 5.10 Å². The van der Waals surface area contributed by atoms with Gasteiger partial charge in [-0.05, 0) is 60.7 Å². The Labute approximate surface area is 143 Å². The van der Waals surface area contributed by atoms with Crippen LogP contribution in [0, 0.1) is 13.8 Å². The fourth-order valence-corrected chi connectivity index (χ4v) is 2.41. The molecule has 4 heteroatoms.